The molecule has 1 saturated carbocycles. The Morgan fingerprint density at radius 3 is 2.27 bits per heavy atom. The largest absolute Gasteiger partial charge is 0.481 e. The van der Waals surface area contributed by atoms with Crippen LogP contribution < -0.4 is 0 Å². The second kappa shape index (κ2) is 8.70. The second-order valence-corrected chi connectivity index (χ2v) is 13.4. The summed E-state index contributed by atoms with van der Waals surface area (Å²) in [6.07, 6.45) is 1.36. The van der Waals surface area contributed by atoms with Crippen LogP contribution in [0.15, 0.2) is 22.8 Å². The Morgan fingerprint density at radius 2 is 1.68 bits per heavy atom. The molecule has 204 valence electrons. The highest BCUT2D eigenvalue weighted by atomic mass is 16.4. The van der Waals surface area contributed by atoms with Crippen molar-refractivity contribution >= 4 is 23.3 Å². The number of aliphatic hydroxyl groups is 2. The zero-order valence-corrected chi connectivity index (χ0v) is 23.2. The number of Topliss-reactive ketones (excluding diaryl/α,β-unsaturated/α-hetero) is 3. The molecular weight excluding hydrogens is 472 g/mol. The first-order chi connectivity index (χ1) is 16.9. The minimum atomic E-state index is -1.01. The molecule has 37 heavy (non-hydrogen) atoms. The number of fused-ring (bicyclic) bond motifs is 4. The van der Waals surface area contributed by atoms with Gasteiger partial charge in [0.15, 0.2) is 5.78 Å². The fourth-order valence-electron chi connectivity index (χ4n) is 8.57. The molecule has 8 atom stereocenters. The molecule has 4 aliphatic rings. The number of hydrogen-bond donors (Lipinski definition) is 3. The Kier molecular flexibility index (Phi) is 6.56. The molecule has 4 aliphatic carbocycles. The number of hydrogen-bond acceptors (Lipinski definition) is 6. The van der Waals surface area contributed by atoms with Gasteiger partial charge in [0.25, 0.3) is 0 Å². The van der Waals surface area contributed by atoms with E-state index in [-0.39, 0.29) is 48.4 Å². The van der Waals surface area contributed by atoms with E-state index in [1.807, 2.05) is 34.6 Å². The number of ketones is 3. The molecule has 0 spiro atoms. The van der Waals surface area contributed by atoms with Crippen molar-refractivity contribution in [2.75, 3.05) is 0 Å². The van der Waals surface area contributed by atoms with E-state index in [9.17, 15) is 34.5 Å². The first-order valence-corrected chi connectivity index (χ1v) is 13.6. The minimum absolute atomic E-state index is 0.0515. The van der Waals surface area contributed by atoms with Gasteiger partial charge in [0.2, 0.25) is 0 Å². The van der Waals surface area contributed by atoms with Crippen molar-refractivity contribution in [1.82, 2.24) is 0 Å². The predicted octanol–water partition coefficient (Wildman–Crippen LogP) is 4.05. The van der Waals surface area contributed by atoms with Crippen LogP contribution in [0.4, 0.5) is 0 Å². The van der Waals surface area contributed by atoms with Crippen LogP contribution in [0.25, 0.3) is 0 Å². The maximum absolute atomic E-state index is 14.0. The van der Waals surface area contributed by atoms with E-state index in [1.165, 1.54) is 6.92 Å². The molecule has 0 saturated heterocycles. The van der Waals surface area contributed by atoms with Gasteiger partial charge in [-0.05, 0) is 30.3 Å². The van der Waals surface area contributed by atoms with Crippen LogP contribution in [0.2, 0.25) is 0 Å². The summed E-state index contributed by atoms with van der Waals surface area (Å²) in [5.74, 6) is -2.31. The summed E-state index contributed by atoms with van der Waals surface area (Å²) >= 11 is 0. The number of aliphatic carboxylic acids is 1. The maximum Gasteiger partial charge on any atom is 0.306 e. The lowest BCUT2D eigenvalue weighted by Crippen LogP contribution is -2.60. The zero-order valence-electron chi connectivity index (χ0n) is 23.2. The first-order valence-electron chi connectivity index (χ1n) is 13.6. The lowest BCUT2D eigenvalue weighted by Gasteiger charge is -2.61. The van der Waals surface area contributed by atoms with Crippen molar-refractivity contribution in [3.05, 3.63) is 22.8 Å². The molecule has 7 nitrogen and oxygen atoms in total. The molecule has 0 amide bonds. The molecule has 0 aromatic carbocycles. The van der Waals surface area contributed by atoms with Gasteiger partial charge in [0.1, 0.15) is 11.6 Å². The van der Waals surface area contributed by atoms with Crippen LogP contribution in [-0.4, -0.2) is 50.8 Å². The predicted molar refractivity (Wildman–Crippen MR) is 137 cm³/mol. The highest BCUT2D eigenvalue weighted by Gasteiger charge is 2.68. The van der Waals surface area contributed by atoms with E-state index in [2.05, 4.69) is 6.92 Å². The SMILES string of the molecule is C[C@H](CC(=O)C[C@@H](C)C1=C[C@H](O)[C@@]2(C)C3=C(C(=O)C[C@]12C)[C@@]1(C)CCC(=O)C(C)(C)[C@@H]1C[C@@H]3O)C(=O)O. The van der Waals surface area contributed by atoms with Gasteiger partial charge in [-0.2, -0.15) is 0 Å². The van der Waals surface area contributed by atoms with Crippen LogP contribution >= 0.6 is 0 Å². The van der Waals surface area contributed by atoms with Gasteiger partial charge in [0.05, 0.1) is 18.1 Å². The quantitative estimate of drug-likeness (QED) is 0.456. The topological polar surface area (TPSA) is 129 Å². The summed E-state index contributed by atoms with van der Waals surface area (Å²) in [6.45, 7) is 13.2. The van der Waals surface area contributed by atoms with E-state index >= 15 is 0 Å². The molecule has 0 unspecified atom stereocenters. The van der Waals surface area contributed by atoms with Crippen molar-refractivity contribution in [2.24, 2.45) is 39.4 Å². The number of carbonyl (C=O) groups is 4. The smallest absolute Gasteiger partial charge is 0.306 e. The van der Waals surface area contributed by atoms with Crippen LogP contribution in [0.1, 0.15) is 87.0 Å². The first kappa shape index (κ1) is 27.9. The standard InChI is InChI=1S/C30H42O7/c1-15(10-17(31)11-16(2)26(36)37)18-12-23(35)30(7)25-19(32)13-21-27(3,4)22(34)8-9-28(21,5)24(25)20(33)14-29(18,30)6/h12,15-16,19,21,23,32,35H,8-11,13-14H2,1-7H3,(H,36,37)/t15-,16-,19+,21+,23+,28+,29-,30+/m1/s1. The van der Waals surface area contributed by atoms with E-state index in [4.69, 9.17) is 0 Å². The monoisotopic (exact) mass is 514 g/mol. The molecule has 0 aromatic heterocycles. The third kappa shape index (κ3) is 3.75. The summed E-state index contributed by atoms with van der Waals surface area (Å²) in [5, 5.41) is 32.3. The van der Waals surface area contributed by atoms with Gasteiger partial charge >= 0.3 is 5.97 Å². The van der Waals surface area contributed by atoms with Gasteiger partial charge in [-0.15, -0.1) is 0 Å². The normalized spacial score (nSPS) is 40.4. The number of rotatable bonds is 6. The maximum atomic E-state index is 14.0. The molecule has 7 heteroatoms. The van der Waals surface area contributed by atoms with E-state index in [0.29, 0.717) is 30.4 Å². The fraction of sp³-hybridized carbons (Fsp3) is 0.733. The van der Waals surface area contributed by atoms with Gasteiger partial charge < -0.3 is 15.3 Å². The summed E-state index contributed by atoms with van der Waals surface area (Å²) in [5.41, 5.74) is -0.937. The highest BCUT2D eigenvalue weighted by molar-refractivity contribution is 6.01. The molecule has 0 bridgehead atoms. The van der Waals surface area contributed by atoms with Crippen molar-refractivity contribution in [3.8, 4) is 0 Å². The molecule has 4 rings (SSSR count). The molecule has 0 radical (unpaired) electrons. The number of carbonyl (C=O) groups excluding carboxylic acids is 3. The lowest BCUT2D eigenvalue weighted by atomic mass is 9.42. The van der Waals surface area contributed by atoms with Crippen molar-refractivity contribution in [3.63, 3.8) is 0 Å². The van der Waals surface area contributed by atoms with Gasteiger partial charge in [-0.1, -0.05) is 60.1 Å². The van der Waals surface area contributed by atoms with E-state index in [0.717, 1.165) is 5.57 Å². The number of allylic oxidation sites excluding steroid dienone is 2. The fourth-order valence-corrected chi connectivity index (χ4v) is 8.57. The Labute approximate surface area is 219 Å². The van der Waals surface area contributed by atoms with Crippen LogP contribution in [0, 0.1) is 39.4 Å². The zero-order chi connectivity index (χ0) is 27.9. The third-order valence-corrected chi connectivity index (χ3v) is 10.9. The van der Waals surface area contributed by atoms with Crippen LogP contribution in [0.3, 0.4) is 0 Å². The average Bonchev–Trinajstić information content (AvgIpc) is 2.99. The summed E-state index contributed by atoms with van der Waals surface area (Å²) in [7, 11) is 0. The molecule has 0 aromatic rings. The van der Waals surface area contributed by atoms with Crippen LogP contribution in [0.5, 0.6) is 0 Å². The van der Waals surface area contributed by atoms with Crippen molar-refractivity contribution in [2.45, 2.75) is 99.2 Å². The number of carboxylic acids is 1. The van der Waals surface area contributed by atoms with Gasteiger partial charge in [-0.25, -0.2) is 0 Å². The van der Waals surface area contributed by atoms with Crippen molar-refractivity contribution < 1.29 is 34.5 Å². The molecule has 0 aliphatic heterocycles. The lowest BCUT2D eigenvalue weighted by molar-refractivity contribution is -0.145. The van der Waals surface area contributed by atoms with Crippen molar-refractivity contribution in [1.29, 1.82) is 0 Å². The molecule has 3 N–H and O–H groups in total. The Bertz CT molecular complexity index is 1130. The summed E-state index contributed by atoms with van der Waals surface area (Å²) in [4.78, 5) is 50.8. The minimum Gasteiger partial charge on any atom is -0.481 e. The van der Waals surface area contributed by atoms with E-state index < -0.39 is 45.8 Å². The van der Waals surface area contributed by atoms with E-state index in [1.54, 1.807) is 6.08 Å². The summed E-state index contributed by atoms with van der Waals surface area (Å²) < 4.78 is 0. The molecule has 0 heterocycles. The van der Waals surface area contributed by atoms with Gasteiger partial charge in [0, 0.05) is 52.9 Å². The molecular formula is C30H42O7. The van der Waals surface area contributed by atoms with Crippen LogP contribution in [-0.2, 0) is 19.2 Å². The average molecular weight is 515 g/mol. The Hall–Kier alpha value is -2.12. The second-order valence-electron chi connectivity index (χ2n) is 13.4. The third-order valence-electron chi connectivity index (χ3n) is 10.9. The van der Waals surface area contributed by atoms with Gasteiger partial charge in [-0.3, -0.25) is 19.2 Å². The number of aliphatic hydroxyl groups excluding tert-OH is 2. The molecule has 1 fully saturated rings. The Balaban J connectivity index is 1.75. The highest BCUT2D eigenvalue weighted by Crippen LogP contribution is 2.70. The Morgan fingerprint density at radius 1 is 1.05 bits per heavy atom. The number of carboxylic acid groups (broad SMARTS) is 1. The summed E-state index contributed by atoms with van der Waals surface area (Å²) in [6, 6.07) is 0.